The predicted octanol–water partition coefficient (Wildman–Crippen LogP) is 18.4. The van der Waals surface area contributed by atoms with Crippen molar-refractivity contribution in [3.05, 3.63) is 340 Å². The second-order valence-electron chi connectivity index (χ2n) is 21.7. The first-order valence-electron chi connectivity index (χ1n) is 27.2. The maximum atomic E-state index is 6.82. The Labute approximate surface area is 452 Å². The molecular formula is C75H45NO2. The minimum Gasteiger partial charge on any atom is -0.457 e. The Hall–Kier alpha value is -9.96. The number of fused-ring (bicyclic) bond motifs is 28. The molecule has 4 aliphatic carbocycles. The lowest BCUT2D eigenvalue weighted by Crippen LogP contribution is -2.32. The number of rotatable bonds is 3. The van der Waals surface area contributed by atoms with E-state index in [4.69, 9.17) is 9.47 Å². The molecule has 0 atom stereocenters. The van der Waals surface area contributed by atoms with Crippen molar-refractivity contribution in [3.8, 4) is 67.5 Å². The van der Waals surface area contributed by atoms with Gasteiger partial charge in [-0.3, -0.25) is 0 Å². The molecule has 0 radical (unpaired) electrons. The molecule has 6 aliphatic rings. The number of benzene rings is 12. The largest absolute Gasteiger partial charge is 0.457 e. The van der Waals surface area contributed by atoms with Gasteiger partial charge in [0.25, 0.3) is 0 Å². The van der Waals surface area contributed by atoms with E-state index in [-0.39, 0.29) is 0 Å². The molecule has 0 amide bonds. The average molecular weight is 992 g/mol. The zero-order valence-corrected chi connectivity index (χ0v) is 42.2. The molecule has 3 heteroatoms. The van der Waals surface area contributed by atoms with Gasteiger partial charge >= 0.3 is 0 Å². The third-order valence-electron chi connectivity index (χ3n) is 18.4. The Balaban J connectivity index is 0.947. The molecule has 12 aromatic rings. The first-order chi connectivity index (χ1) is 38.7. The summed E-state index contributed by atoms with van der Waals surface area (Å²) in [7, 11) is 0. The fourth-order valence-electron chi connectivity index (χ4n) is 15.7. The van der Waals surface area contributed by atoms with Gasteiger partial charge in [-0.1, -0.05) is 218 Å². The molecule has 0 saturated heterocycles. The first kappa shape index (κ1) is 42.3. The first-order valence-corrected chi connectivity index (χ1v) is 27.2. The van der Waals surface area contributed by atoms with Gasteiger partial charge in [-0.2, -0.15) is 0 Å². The van der Waals surface area contributed by atoms with E-state index in [1.807, 2.05) is 0 Å². The number of hydrogen-bond donors (Lipinski definition) is 0. The number of ether oxygens (including phenoxy) is 2. The average Bonchev–Trinajstić information content (AvgIpc) is 4.38. The van der Waals surface area contributed by atoms with Crippen LogP contribution in [0.1, 0.15) is 66.8 Å². The molecule has 362 valence electrons. The van der Waals surface area contributed by atoms with Crippen molar-refractivity contribution in [1.82, 2.24) is 0 Å². The van der Waals surface area contributed by atoms with Crippen LogP contribution in [0.25, 0.3) is 44.5 Å². The molecule has 78 heavy (non-hydrogen) atoms. The van der Waals surface area contributed by atoms with E-state index in [0.29, 0.717) is 0 Å². The number of nitrogens with zero attached hydrogens (tertiary/aromatic N) is 1. The van der Waals surface area contributed by atoms with E-state index >= 15 is 0 Å². The summed E-state index contributed by atoms with van der Waals surface area (Å²) in [5, 5.41) is 0. The van der Waals surface area contributed by atoms with Gasteiger partial charge in [0.1, 0.15) is 23.0 Å². The molecule has 2 heterocycles. The van der Waals surface area contributed by atoms with Crippen LogP contribution in [-0.4, -0.2) is 0 Å². The molecule has 0 aromatic heterocycles. The van der Waals surface area contributed by atoms with Gasteiger partial charge in [0, 0.05) is 39.2 Å². The summed E-state index contributed by atoms with van der Waals surface area (Å²) in [6.07, 6.45) is 0. The highest BCUT2D eigenvalue weighted by molar-refractivity contribution is 6.02. The zero-order chi connectivity index (χ0) is 50.9. The van der Waals surface area contributed by atoms with Crippen molar-refractivity contribution in [1.29, 1.82) is 0 Å². The molecule has 0 unspecified atom stereocenters. The van der Waals surface area contributed by atoms with Gasteiger partial charge < -0.3 is 14.4 Å². The maximum absolute atomic E-state index is 6.82. The zero-order valence-electron chi connectivity index (χ0n) is 42.2. The van der Waals surface area contributed by atoms with Crippen LogP contribution in [0.2, 0.25) is 0 Å². The molecule has 3 spiro atoms. The van der Waals surface area contributed by atoms with Crippen LogP contribution in [0.15, 0.2) is 273 Å². The quantitative estimate of drug-likeness (QED) is 0.176. The maximum Gasteiger partial charge on any atom is 0.132 e. The Kier molecular flexibility index (Phi) is 8.20. The van der Waals surface area contributed by atoms with E-state index in [1.165, 1.54) is 89.0 Å². The highest BCUT2D eigenvalue weighted by atomic mass is 16.5. The smallest absolute Gasteiger partial charge is 0.132 e. The normalized spacial score (nSPS) is 15.2. The molecule has 0 N–H and O–H groups in total. The van der Waals surface area contributed by atoms with Gasteiger partial charge in [0.05, 0.1) is 21.9 Å². The summed E-state index contributed by atoms with van der Waals surface area (Å²) in [6, 6.07) is 102. The lowest BCUT2D eigenvalue weighted by Gasteiger charge is -2.39. The van der Waals surface area contributed by atoms with Crippen molar-refractivity contribution < 1.29 is 9.47 Å². The number of hydrogen-bond acceptors (Lipinski definition) is 3. The summed E-state index contributed by atoms with van der Waals surface area (Å²) < 4.78 is 13.6. The van der Waals surface area contributed by atoms with Crippen molar-refractivity contribution in [2.75, 3.05) is 4.90 Å². The van der Waals surface area contributed by atoms with E-state index in [9.17, 15) is 0 Å². The van der Waals surface area contributed by atoms with E-state index in [1.54, 1.807) is 0 Å². The van der Waals surface area contributed by atoms with Gasteiger partial charge in [0.2, 0.25) is 0 Å². The van der Waals surface area contributed by atoms with E-state index in [2.05, 4.69) is 278 Å². The van der Waals surface area contributed by atoms with Gasteiger partial charge in [-0.25, -0.2) is 0 Å². The molecular weight excluding hydrogens is 947 g/mol. The predicted molar refractivity (Wildman–Crippen MR) is 312 cm³/mol. The van der Waals surface area contributed by atoms with E-state index < -0.39 is 16.2 Å². The second-order valence-corrected chi connectivity index (χ2v) is 21.7. The summed E-state index contributed by atoms with van der Waals surface area (Å²) >= 11 is 0. The molecule has 3 nitrogen and oxygen atoms in total. The Morgan fingerprint density at radius 3 is 1.03 bits per heavy atom. The van der Waals surface area contributed by atoms with Crippen LogP contribution in [-0.2, 0) is 16.2 Å². The Morgan fingerprint density at radius 1 is 0.218 bits per heavy atom. The monoisotopic (exact) mass is 991 g/mol. The fraction of sp³-hybridized carbons (Fsp3) is 0.0400. The van der Waals surface area contributed by atoms with Crippen LogP contribution in [0.5, 0.6) is 23.0 Å². The lowest BCUT2D eigenvalue weighted by atomic mass is 9.66. The highest BCUT2D eigenvalue weighted by Crippen LogP contribution is 2.68. The number of anilines is 3. The highest BCUT2D eigenvalue weighted by Gasteiger charge is 2.55. The van der Waals surface area contributed by atoms with Crippen LogP contribution in [0.4, 0.5) is 17.1 Å². The summed E-state index contributed by atoms with van der Waals surface area (Å²) in [5.74, 6) is 3.53. The van der Waals surface area contributed by atoms with Crippen molar-refractivity contribution in [2.24, 2.45) is 0 Å². The van der Waals surface area contributed by atoms with Gasteiger partial charge in [0.15, 0.2) is 0 Å². The Bertz CT molecular complexity index is 4460. The third-order valence-corrected chi connectivity index (χ3v) is 18.4. The van der Waals surface area contributed by atoms with Crippen LogP contribution in [0.3, 0.4) is 0 Å². The van der Waals surface area contributed by atoms with Crippen LogP contribution in [0, 0.1) is 0 Å². The number of para-hydroxylation sites is 4. The van der Waals surface area contributed by atoms with Crippen LogP contribution >= 0.6 is 0 Å². The van der Waals surface area contributed by atoms with E-state index in [0.717, 1.165) is 62.3 Å². The SMILES string of the molecule is c1ccc2c(c1)Oc1ccccc1C21c2ccccc2-c2cc(N(c3ccc4c(c3)C3(c5ccccc5-c5ccccc53)c3ccccc3-4)c3cccc4c3-c3ccccc3C43c4ccccc4Oc4ccccc43)ccc21. The molecule has 0 bridgehead atoms. The van der Waals surface area contributed by atoms with Gasteiger partial charge in [-0.05, 0) is 138 Å². The molecule has 0 saturated carbocycles. The molecule has 2 aliphatic heterocycles. The minimum atomic E-state index is -0.646. The van der Waals surface area contributed by atoms with Crippen LogP contribution < -0.4 is 14.4 Å². The minimum absolute atomic E-state index is 0.529. The third kappa shape index (κ3) is 4.97. The second kappa shape index (κ2) is 15.1. The van der Waals surface area contributed by atoms with Crippen molar-refractivity contribution >= 4 is 17.1 Å². The molecule has 0 fully saturated rings. The van der Waals surface area contributed by atoms with Crippen molar-refractivity contribution in [2.45, 2.75) is 16.2 Å². The van der Waals surface area contributed by atoms with Gasteiger partial charge in [-0.15, -0.1) is 0 Å². The molecule has 12 aromatic carbocycles. The fourth-order valence-corrected chi connectivity index (χ4v) is 15.7. The summed E-state index contributed by atoms with van der Waals surface area (Å²) in [5.41, 5.74) is 26.3. The standard InChI is InChI=1S/C75H45NO2/c1-6-25-55-48(20-1)49-21-2-7-26-56(49)73(55)57-27-8-3-22-50(57)52-42-40-47(45-66(52)73)76(46-41-43-60-54(44-46)51-23-4-9-28-58(51)74(60)61-30-11-15-36-68(61)77-69-37-16-12-31-62(69)74)67-35-19-34-65-72(67)53-24-5-10-29-59(53)75(65)63-32-13-17-38-70(63)78-71-39-18-14-33-64(71)75/h1-45H. The summed E-state index contributed by atoms with van der Waals surface area (Å²) in [6.45, 7) is 0. The lowest BCUT2D eigenvalue weighted by molar-refractivity contribution is 0.436. The Morgan fingerprint density at radius 2 is 0.538 bits per heavy atom. The molecule has 18 rings (SSSR count). The summed E-state index contributed by atoms with van der Waals surface area (Å²) in [4.78, 5) is 2.58. The topological polar surface area (TPSA) is 21.7 Å². The van der Waals surface area contributed by atoms with Crippen molar-refractivity contribution in [3.63, 3.8) is 0 Å².